The van der Waals surface area contributed by atoms with E-state index in [0.717, 1.165) is 4.90 Å². The molecular formula is C20H14B5ClN2O3. The standard InChI is InChI=1S/C20H14B5ClN2O3/c1-27-13-10-6-9-12(26)14(13)16(31-2)15(17(27)29)18(30)28(11-7-4-3-5-8-11)20(24,25)19(21,22)23/h3-10H,1-2H3. The third-order valence-corrected chi connectivity index (χ3v) is 5.34. The third-order valence-electron chi connectivity index (χ3n) is 5.02. The average Bonchev–Trinajstić information content (AvgIpc) is 2.70. The molecule has 3 rings (SSSR count). The van der Waals surface area contributed by atoms with E-state index in [-0.39, 0.29) is 22.0 Å². The van der Waals surface area contributed by atoms with E-state index >= 15 is 0 Å². The smallest absolute Gasteiger partial charge is 0.267 e. The summed E-state index contributed by atoms with van der Waals surface area (Å²) in [4.78, 5) is 27.9. The summed E-state index contributed by atoms with van der Waals surface area (Å²) in [5, 5.41) is -3.88. The second-order valence-electron chi connectivity index (χ2n) is 7.14. The van der Waals surface area contributed by atoms with Gasteiger partial charge in [-0.15, -0.1) is 5.11 Å². The minimum atomic E-state index is -2.29. The fourth-order valence-corrected chi connectivity index (χ4v) is 3.55. The number of anilines is 1. The van der Waals surface area contributed by atoms with Crippen LogP contribution in [0.3, 0.4) is 0 Å². The van der Waals surface area contributed by atoms with Gasteiger partial charge in [0.2, 0.25) is 0 Å². The van der Waals surface area contributed by atoms with Gasteiger partial charge in [0.1, 0.15) is 11.3 Å². The van der Waals surface area contributed by atoms with Crippen molar-refractivity contribution in [3.05, 3.63) is 69.5 Å². The van der Waals surface area contributed by atoms with Crippen molar-refractivity contribution in [1.82, 2.24) is 4.57 Å². The molecule has 144 valence electrons. The van der Waals surface area contributed by atoms with Crippen LogP contribution in [0.4, 0.5) is 5.69 Å². The number of carbonyl (C=O) groups is 1. The van der Waals surface area contributed by atoms with Gasteiger partial charge in [-0.05, 0) is 29.6 Å². The molecule has 1 heterocycles. The van der Waals surface area contributed by atoms with Crippen molar-refractivity contribution in [1.29, 1.82) is 0 Å². The number of hydrogen-bond donors (Lipinski definition) is 0. The molecule has 1 aromatic heterocycles. The van der Waals surface area contributed by atoms with Crippen LogP contribution in [0.25, 0.3) is 10.9 Å². The first kappa shape index (κ1) is 23.2. The Kier molecular flexibility index (Phi) is 6.16. The van der Waals surface area contributed by atoms with Gasteiger partial charge in [-0.1, -0.05) is 35.9 Å². The molecule has 0 aliphatic carbocycles. The number of fused-ring (bicyclic) bond motifs is 1. The Balaban J connectivity index is 2.40. The number of halogens is 1. The second kappa shape index (κ2) is 8.23. The van der Waals surface area contributed by atoms with Gasteiger partial charge in [0.05, 0.1) is 62.3 Å². The summed E-state index contributed by atoms with van der Waals surface area (Å²) >= 11 is 6.37. The van der Waals surface area contributed by atoms with E-state index in [2.05, 4.69) is 0 Å². The number of hydrogen-bond acceptors (Lipinski definition) is 3. The van der Waals surface area contributed by atoms with Crippen LogP contribution in [0.1, 0.15) is 10.4 Å². The Morgan fingerprint density at radius 1 is 1.03 bits per heavy atom. The molecule has 5 nitrogen and oxygen atoms in total. The summed E-state index contributed by atoms with van der Waals surface area (Å²) < 4.78 is 6.73. The molecule has 0 bridgehead atoms. The summed E-state index contributed by atoms with van der Waals surface area (Å²) in [6.07, 6.45) is 0. The molecule has 3 aromatic rings. The maximum absolute atomic E-state index is 13.8. The number of para-hydroxylation sites is 1. The fourth-order valence-electron chi connectivity index (χ4n) is 3.29. The van der Waals surface area contributed by atoms with Gasteiger partial charge >= 0.3 is 0 Å². The second-order valence-corrected chi connectivity index (χ2v) is 7.55. The van der Waals surface area contributed by atoms with E-state index in [1.54, 1.807) is 48.5 Å². The summed E-state index contributed by atoms with van der Waals surface area (Å²) in [5.41, 5.74) is -0.342. The Morgan fingerprint density at radius 2 is 1.65 bits per heavy atom. The highest BCUT2D eigenvalue weighted by atomic mass is 35.5. The molecule has 2 aromatic carbocycles. The first-order chi connectivity index (χ1) is 14.4. The van der Waals surface area contributed by atoms with Crippen molar-refractivity contribution in [3.8, 4) is 5.75 Å². The first-order valence-electron chi connectivity index (χ1n) is 9.12. The molecule has 0 atom stereocenters. The number of rotatable bonds is 5. The molecule has 31 heavy (non-hydrogen) atoms. The van der Waals surface area contributed by atoms with E-state index < -0.39 is 21.9 Å². The van der Waals surface area contributed by atoms with Gasteiger partial charge in [-0.25, -0.2) is 0 Å². The predicted octanol–water partition coefficient (Wildman–Crippen LogP) is 1.42. The molecule has 10 radical (unpaired) electrons. The summed E-state index contributed by atoms with van der Waals surface area (Å²) in [6.45, 7) is 0. The highest BCUT2D eigenvalue weighted by Crippen LogP contribution is 2.38. The zero-order valence-electron chi connectivity index (χ0n) is 17.0. The van der Waals surface area contributed by atoms with Gasteiger partial charge in [-0.2, -0.15) is 0 Å². The lowest BCUT2D eigenvalue weighted by molar-refractivity contribution is 0.0975. The van der Waals surface area contributed by atoms with E-state index in [0.29, 0.717) is 10.9 Å². The molecule has 0 fully saturated rings. The maximum atomic E-state index is 13.8. The minimum absolute atomic E-state index is 0.0397. The van der Waals surface area contributed by atoms with Crippen molar-refractivity contribution in [2.24, 2.45) is 7.05 Å². The number of benzene rings is 2. The van der Waals surface area contributed by atoms with Crippen molar-refractivity contribution >= 4 is 73.3 Å². The normalized spacial score (nSPS) is 12.0. The zero-order valence-corrected chi connectivity index (χ0v) is 17.8. The largest absolute Gasteiger partial charge is 0.495 e. The van der Waals surface area contributed by atoms with E-state index in [1.807, 2.05) is 0 Å². The topological polar surface area (TPSA) is 51.5 Å². The molecule has 11 heteroatoms. The monoisotopic (exact) mass is 420 g/mol. The lowest BCUT2D eigenvalue weighted by atomic mass is 9.26. The van der Waals surface area contributed by atoms with E-state index in [4.69, 9.17) is 55.6 Å². The molecule has 0 unspecified atom stereocenters. The summed E-state index contributed by atoms with van der Waals surface area (Å²) in [7, 11) is 32.5. The minimum Gasteiger partial charge on any atom is -0.495 e. The van der Waals surface area contributed by atoms with Crippen LogP contribution in [-0.2, 0) is 7.05 Å². The quantitative estimate of drug-likeness (QED) is 0.588. The molecule has 0 N–H and O–H groups in total. The van der Waals surface area contributed by atoms with Crippen molar-refractivity contribution in [2.75, 3.05) is 12.0 Å². The molecular weight excluding hydrogens is 406 g/mol. The lowest BCUT2D eigenvalue weighted by Crippen LogP contribution is -2.62. The summed E-state index contributed by atoms with van der Waals surface area (Å²) in [6, 6.07) is 13.1. The molecule has 0 aliphatic rings. The number of amides is 1. The van der Waals surface area contributed by atoms with Crippen LogP contribution in [0, 0.1) is 0 Å². The Bertz CT molecular complexity index is 1210. The van der Waals surface area contributed by atoms with Crippen molar-refractivity contribution < 1.29 is 9.53 Å². The first-order valence-corrected chi connectivity index (χ1v) is 9.50. The predicted molar refractivity (Wildman–Crippen MR) is 128 cm³/mol. The third kappa shape index (κ3) is 3.82. The van der Waals surface area contributed by atoms with Crippen LogP contribution >= 0.6 is 11.6 Å². The Morgan fingerprint density at radius 3 is 2.19 bits per heavy atom. The molecule has 0 saturated carbocycles. The van der Waals surface area contributed by atoms with Gasteiger partial charge in [0, 0.05) is 12.7 Å². The van der Waals surface area contributed by atoms with Gasteiger partial charge in [0.15, 0.2) is 0 Å². The van der Waals surface area contributed by atoms with Crippen LogP contribution in [0.5, 0.6) is 5.75 Å². The highest BCUT2D eigenvalue weighted by Gasteiger charge is 2.41. The van der Waals surface area contributed by atoms with Crippen molar-refractivity contribution in [3.63, 3.8) is 0 Å². The number of pyridine rings is 1. The van der Waals surface area contributed by atoms with Crippen molar-refractivity contribution in [2.45, 2.75) is 10.5 Å². The molecule has 1 amide bonds. The van der Waals surface area contributed by atoms with Gasteiger partial charge < -0.3 is 14.2 Å². The van der Waals surface area contributed by atoms with Gasteiger partial charge in [-0.3, -0.25) is 9.59 Å². The highest BCUT2D eigenvalue weighted by molar-refractivity contribution is 6.68. The zero-order chi connectivity index (χ0) is 23.1. The van der Waals surface area contributed by atoms with Crippen LogP contribution < -0.4 is 15.2 Å². The molecule has 0 saturated heterocycles. The fraction of sp³-hybridized carbons (Fsp3) is 0.200. The molecule has 0 aliphatic heterocycles. The maximum Gasteiger partial charge on any atom is 0.267 e. The summed E-state index contributed by atoms with van der Waals surface area (Å²) in [5.74, 6) is -0.955. The average molecular weight is 420 g/mol. The molecule has 0 spiro atoms. The Labute approximate surface area is 192 Å². The number of aromatic nitrogens is 1. The number of methoxy groups -OCH3 is 1. The van der Waals surface area contributed by atoms with Gasteiger partial charge in [0.25, 0.3) is 11.5 Å². The van der Waals surface area contributed by atoms with E-state index in [9.17, 15) is 9.59 Å². The number of nitrogens with zero attached hydrogens (tertiary/aromatic N) is 2. The van der Waals surface area contributed by atoms with Crippen LogP contribution in [0.15, 0.2) is 53.3 Å². The number of carbonyl (C=O) groups excluding carboxylic acids is 1. The Hall–Kier alpha value is -2.47. The van der Waals surface area contributed by atoms with Crippen LogP contribution in [0.2, 0.25) is 10.1 Å². The van der Waals surface area contributed by atoms with Crippen LogP contribution in [-0.4, -0.2) is 62.2 Å². The lowest BCUT2D eigenvalue weighted by Gasteiger charge is -2.50. The number of aryl methyl sites for hydroxylation is 1. The van der Waals surface area contributed by atoms with E-state index in [1.165, 1.54) is 18.7 Å². The number of ether oxygens (including phenoxy) is 1. The SMILES string of the molecule is [B]C([B])([B])C([B])([B])N(C(=O)c1c(OC)c2c(Cl)cccc2n(C)c1=O)c1ccccc1.